The second kappa shape index (κ2) is 3.91. The normalized spacial score (nSPS) is 28.0. The van der Waals surface area contributed by atoms with E-state index in [-0.39, 0.29) is 5.41 Å². The van der Waals surface area contributed by atoms with Gasteiger partial charge in [-0.3, -0.25) is 4.79 Å². The van der Waals surface area contributed by atoms with Crippen LogP contribution in [0.2, 0.25) is 0 Å². The topological polar surface area (TPSA) is 17.1 Å². The number of carbonyl (C=O) groups excluding carboxylic acids is 1. The van der Waals surface area contributed by atoms with Crippen LogP contribution in [0, 0.1) is 5.41 Å². The predicted octanol–water partition coefficient (Wildman–Crippen LogP) is 3.27. The molecule has 0 fully saturated rings. The third kappa shape index (κ3) is 2.30. The first-order valence-electron chi connectivity index (χ1n) is 4.88. The van der Waals surface area contributed by atoms with Gasteiger partial charge < -0.3 is 0 Å². The third-order valence-corrected chi connectivity index (χ3v) is 2.86. The molecule has 0 N–H and O–H groups in total. The first-order valence-corrected chi connectivity index (χ1v) is 4.88. The van der Waals surface area contributed by atoms with Crippen LogP contribution in [0.25, 0.3) is 0 Å². The maximum Gasteiger partial charge on any atom is 0.142 e. The second-order valence-corrected chi connectivity index (χ2v) is 4.24. The molecule has 1 rings (SSSR count). The maximum absolute atomic E-state index is 11.8. The van der Waals surface area contributed by atoms with E-state index in [1.165, 1.54) is 5.57 Å². The third-order valence-electron chi connectivity index (χ3n) is 2.86. The van der Waals surface area contributed by atoms with E-state index in [9.17, 15) is 4.79 Å². The molecule has 0 aliphatic heterocycles. The SMILES string of the molecule is C=CCC(=O)C1(C)CCC=C(C)C1. The molecule has 1 unspecified atom stereocenters. The zero-order chi connectivity index (χ0) is 9.90. The molecule has 13 heavy (non-hydrogen) atoms. The molecular weight excluding hydrogens is 160 g/mol. The summed E-state index contributed by atoms with van der Waals surface area (Å²) in [4.78, 5) is 11.8. The van der Waals surface area contributed by atoms with Crippen molar-refractivity contribution in [1.82, 2.24) is 0 Å². The lowest BCUT2D eigenvalue weighted by Gasteiger charge is -2.31. The van der Waals surface area contributed by atoms with E-state index in [1.807, 2.05) is 0 Å². The summed E-state index contributed by atoms with van der Waals surface area (Å²) in [5.74, 6) is 0.343. The van der Waals surface area contributed by atoms with Gasteiger partial charge in [-0.05, 0) is 26.2 Å². The van der Waals surface area contributed by atoms with Crippen molar-refractivity contribution in [3.05, 3.63) is 24.3 Å². The van der Waals surface area contributed by atoms with E-state index in [1.54, 1.807) is 6.08 Å². The van der Waals surface area contributed by atoms with E-state index >= 15 is 0 Å². The Labute approximate surface area is 80.5 Å². The first-order chi connectivity index (χ1) is 6.08. The minimum absolute atomic E-state index is 0.118. The standard InChI is InChI=1S/C12H18O/c1-4-6-11(13)12(3)8-5-7-10(2)9-12/h4,7H,1,5-6,8-9H2,2-3H3. The van der Waals surface area contributed by atoms with Crippen LogP contribution < -0.4 is 0 Å². The zero-order valence-corrected chi connectivity index (χ0v) is 8.60. The molecule has 0 radical (unpaired) electrons. The Morgan fingerprint density at radius 2 is 2.46 bits per heavy atom. The molecule has 0 aromatic rings. The Kier molecular flexibility index (Phi) is 3.07. The van der Waals surface area contributed by atoms with Crippen LogP contribution in [0.4, 0.5) is 0 Å². The van der Waals surface area contributed by atoms with Gasteiger partial charge in [0, 0.05) is 11.8 Å². The van der Waals surface area contributed by atoms with Gasteiger partial charge in [-0.2, -0.15) is 0 Å². The fraction of sp³-hybridized carbons (Fsp3) is 0.583. The van der Waals surface area contributed by atoms with Crippen LogP contribution in [0.1, 0.15) is 39.5 Å². The molecule has 0 aromatic heterocycles. The molecule has 72 valence electrons. The summed E-state index contributed by atoms with van der Waals surface area (Å²) in [6.07, 6.45) is 7.44. The van der Waals surface area contributed by atoms with Gasteiger partial charge in [0.25, 0.3) is 0 Å². The summed E-state index contributed by atoms with van der Waals surface area (Å²) < 4.78 is 0. The molecule has 1 atom stereocenters. The van der Waals surface area contributed by atoms with Gasteiger partial charge in [0.1, 0.15) is 5.78 Å². The summed E-state index contributed by atoms with van der Waals surface area (Å²) in [6, 6.07) is 0. The highest BCUT2D eigenvalue weighted by Gasteiger charge is 2.33. The van der Waals surface area contributed by atoms with E-state index in [0.29, 0.717) is 12.2 Å². The van der Waals surface area contributed by atoms with Crippen molar-refractivity contribution in [2.75, 3.05) is 0 Å². The van der Waals surface area contributed by atoms with Crippen LogP contribution >= 0.6 is 0 Å². The average Bonchev–Trinajstić information content (AvgIpc) is 2.04. The van der Waals surface area contributed by atoms with E-state index < -0.39 is 0 Å². The number of rotatable bonds is 3. The van der Waals surface area contributed by atoms with Crippen molar-refractivity contribution in [2.45, 2.75) is 39.5 Å². The molecule has 1 aliphatic rings. The minimum Gasteiger partial charge on any atom is -0.299 e. The number of hydrogen-bond acceptors (Lipinski definition) is 1. The van der Waals surface area contributed by atoms with Crippen LogP contribution in [-0.2, 0) is 4.79 Å². The highest BCUT2D eigenvalue weighted by molar-refractivity contribution is 5.86. The molecule has 1 aliphatic carbocycles. The predicted molar refractivity (Wildman–Crippen MR) is 55.5 cm³/mol. The number of carbonyl (C=O) groups is 1. The summed E-state index contributed by atoms with van der Waals surface area (Å²) >= 11 is 0. The second-order valence-electron chi connectivity index (χ2n) is 4.24. The summed E-state index contributed by atoms with van der Waals surface area (Å²) in [5.41, 5.74) is 1.23. The lowest BCUT2D eigenvalue weighted by atomic mass is 9.72. The van der Waals surface area contributed by atoms with Crippen LogP contribution in [0.15, 0.2) is 24.3 Å². The monoisotopic (exact) mass is 178 g/mol. The lowest BCUT2D eigenvalue weighted by molar-refractivity contribution is -0.127. The largest absolute Gasteiger partial charge is 0.299 e. The van der Waals surface area contributed by atoms with E-state index in [0.717, 1.165) is 19.3 Å². The number of allylic oxidation sites excluding steroid dienone is 3. The number of Topliss-reactive ketones (excluding diaryl/α,β-unsaturated/α-hetero) is 1. The zero-order valence-electron chi connectivity index (χ0n) is 8.60. The molecule has 0 saturated heterocycles. The Morgan fingerprint density at radius 3 is 3.00 bits per heavy atom. The molecule has 0 aromatic carbocycles. The molecule has 1 nitrogen and oxygen atoms in total. The van der Waals surface area contributed by atoms with Gasteiger partial charge >= 0.3 is 0 Å². The smallest absolute Gasteiger partial charge is 0.142 e. The summed E-state index contributed by atoms with van der Waals surface area (Å²) in [7, 11) is 0. The highest BCUT2D eigenvalue weighted by Crippen LogP contribution is 2.37. The van der Waals surface area contributed by atoms with Crippen molar-refractivity contribution >= 4 is 5.78 Å². The molecule has 0 heterocycles. The van der Waals surface area contributed by atoms with Gasteiger partial charge in [0.15, 0.2) is 0 Å². The van der Waals surface area contributed by atoms with E-state index in [4.69, 9.17) is 0 Å². The van der Waals surface area contributed by atoms with Gasteiger partial charge in [-0.15, -0.1) is 6.58 Å². The fourth-order valence-electron chi connectivity index (χ4n) is 2.03. The Balaban J connectivity index is 2.71. The van der Waals surface area contributed by atoms with Gasteiger partial charge in [0.05, 0.1) is 0 Å². The van der Waals surface area contributed by atoms with Gasteiger partial charge in [0.2, 0.25) is 0 Å². The quantitative estimate of drug-likeness (QED) is 0.606. The maximum atomic E-state index is 11.8. The molecule has 0 saturated carbocycles. The molecule has 0 bridgehead atoms. The molecule has 0 amide bonds. The van der Waals surface area contributed by atoms with Gasteiger partial charge in [-0.25, -0.2) is 0 Å². The van der Waals surface area contributed by atoms with Crippen molar-refractivity contribution in [3.63, 3.8) is 0 Å². The van der Waals surface area contributed by atoms with Crippen molar-refractivity contribution in [2.24, 2.45) is 5.41 Å². The Bertz CT molecular complexity index is 250. The van der Waals surface area contributed by atoms with Crippen molar-refractivity contribution in [1.29, 1.82) is 0 Å². The first kappa shape index (κ1) is 10.2. The molecular formula is C12H18O. The van der Waals surface area contributed by atoms with Crippen molar-refractivity contribution < 1.29 is 4.79 Å². The summed E-state index contributed by atoms with van der Waals surface area (Å²) in [5, 5.41) is 0. The van der Waals surface area contributed by atoms with E-state index in [2.05, 4.69) is 26.5 Å². The highest BCUT2D eigenvalue weighted by atomic mass is 16.1. The van der Waals surface area contributed by atoms with Crippen molar-refractivity contribution in [3.8, 4) is 0 Å². The number of hydrogen-bond donors (Lipinski definition) is 0. The lowest BCUT2D eigenvalue weighted by Crippen LogP contribution is -2.29. The van der Waals surface area contributed by atoms with Gasteiger partial charge in [-0.1, -0.05) is 24.6 Å². The van der Waals surface area contributed by atoms with Crippen LogP contribution in [0.5, 0.6) is 0 Å². The number of ketones is 1. The minimum atomic E-state index is -0.118. The Hall–Kier alpha value is -0.850. The average molecular weight is 178 g/mol. The Morgan fingerprint density at radius 1 is 1.77 bits per heavy atom. The summed E-state index contributed by atoms with van der Waals surface area (Å²) in [6.45, 7) is 7.80. The van der Waals surface area contributed by atoms with Crippen LogP contribution in [-0.4, -0.2) is 5.78 Å². The van der Waals surface area contributed by atoms with Crippen LogP contribution in [0.3, 0.4) is 0 Å². The fourth-order valence-corrected chi connectivity index (χ4v) is 2.03. The molecule has 0 spiro atoms. The molecule has 1 heteroatoms.